The minimum Gasteiger partial charge on any atom is -0.411 e. The SMILES string of the molecule is CCC(C)(C)CC(C)(C)C=NO. The summed E-state index contributed by atoms with van der Waals surface area (Å²) < 4.78 is 0. The molecule has 12 heavy (non-hydrogen) atoms. The third kappa shape index (κ3) is 4.37. The molecule has 72 valence electrons. The highest BCUT2D eigenvalue weighted by Crippen LogP contribution is 2.34. The first-order valence-electron chi connectivity index (χ1n) is 4.51. The fraction of sp³-hybridized carbons (Fsp3) is 0.900. The lowest BCUT2D eigenvalue weighted by Crippen LogP contribution is -2.23. The quantitative estimate of drug-likeness (QED) is 0.393. The molecular formula is C10H21NO. The Bertz CT molecular complexity index is 159. The number of nitrogens with zero attached hydrogens (tertiary/aromatic N) is 1. The van der Waals surface area contributed by atoms with Crippen molar-refractivity contribution in [3.8, 4) is 0 Å². The van der Waals surface area contributed by atoms with Crippen molar-refractivity contribution in [3.63, 3.8) is 0 Å². The third-order valence-corrected chi connectivity index (χ3v) is 2.30. The first-order chi connectivity index (χ1) is 5.33. The van der Waals surface area contributed by atoms with Crippen LogP contribution in [0.25, 0.3) is 0 Å². The Balaban J connectivity index is 4.23. The first-order valence-corrected chi connectivity index (χ1v) is 4.51. The zero-order valence-corrected chi connectivity index (χ0v) is 8.89. The molecule has 2 nitrogen and oxygen atoms in total. The van der Waals surface area contributed by atoms with Crippen LogP contribution in [0.3, 0.4) is 0 Å². The van der Waals surface area contributed by atoms with Gasteiger partial charge >= 0.3 is 0 Å². The van der Waals surface area contributed by atoms with E-state index in [1.165, 1.54) is 0 Å². The second-order valence-electron chi connectivity index (χ2n) is 4.93. The molecule has 0 spiro atoms. The molecule has 0 saturated heterocycles. The summed E-state index contributed by atoms with van der Waals surface area (Å²) in [5.74, 6) is 0. The van der Waals surface area contributed by atoms with Crippen molar-refractivity contribution in [2.24, 2.45) is 16.0 Å². The van der Waals surface area contributed by atoms with Crippen LogP contribution in [-0.4, -0.2) is 11.4 Å². The van der Waals surface area contributed by atoms with E-state index in [1.807, 2.05) is 0 Å². The maximum Gasteiger partial charge on any atom is 0.0492 e. The van der Waals surface area contributed by atoms with E-state index in [0.717, 1.165) is 12.8 Å². The van der Waals surface area contributed by atoms with Gasteiger partial charge in [0.25, 0.3) is 0 Å². The fourth-order valence-electron chi connectivity index (χ4n) is 1.56. The van der Waals surface area contributed by atoms with Crippen LogP contribution in [0, 0.1) is 10.8 Å². The second kappa shape index (κ2) is 3.92. The van der Waals surface area contributed by atoms with Crippen molar-refractivity contribution in [3.05, 3.63) is 0 Å². The summed E-state index contributed by atoms with van der Waals surface area (Å²) in [5.41, 5.74) is 0.318. The first kappa shape index (κ1) is 11.5. The van der Waals surface area contributed by atoms with Crippen molar-refractivity contribution in [1.82, 2.24) is 0 Å². The van der Waals surface area contributed by atoms with Crippen molar-refractivity contribution in [1.29, 1.82) is 0 Å². The van der Waals surface area contributed by atoms with Crippen molar-refractivity contribution in [2.75, 3.05) is 0 Å². The number of rotatable bonds is 4. The zero-order valence-electron chi connectivity index (χ0n) is 8.89. The molecule has 1 N–H and O–H groups in total. The molecule has 0 aromatic carbocycles. The predicted octanol–water partition coefficient (Wildman–Crippen LogP) is 3.30. The third-order valence-electron chi connectivity index (χ3n) is 2.30. The van der Waals surface area contributed by atoms with Gasteiger partial charge in [-0.1, -0.05) is 41.0 Å². The van der Waals surface area contributed by atoms with Crippen LogP contribution in [0.1, 0.15) is 47.5 Å². The van der Waals surface area contributed by atoms with Gasteiger partial charge in [-0.05, 0) is 11.8 Å². The standard InChI is InChI=1S/C10H21NO/c1-6-9(2,3)7-10(4,5)8-11-12/h8,12H,6-7H2,1-5H3. The molecule has 0 aliphatic rings. The van der Waals surface area contributed by atoms with E-state index in [-0.39, 0.29) is 5.41 Å². The molecule has 0 saturated carbocycles. The minimum atomic E-state index is -0.00569. The number of hydrogen-bond acceptors (Lipinski definition) is 2. The maximum absolute atomic E-state index is 8.44. The Hall–Kier alpha value is -0.530. The van der Waals surface area contributed by atoms with E-state index in [9.17, 15) is 0 Å². The zero-order chi connectivity index (χ0) is 9.83. The van der Waals surface area contributed by atoms with Gasteiger partial charge in [-0.15, -0.1) is 5.16 Å². The molecule has 0 aliphatic heterocycles. The van der Waals surface area contributed by atoms with Gasteiger partial charge in [0.05, 0.1) is 0 Å². The van der Waals surface area contributed by atoms with Crippen LogP contribution in [0.2, 0.25) is 0 Å². The smallest absolute Gasteiger partial charge is 0.0492 e. The van der Waals surface area contributed by atoms with Crippen LogP contribution in [0.15, 0.2) is 5.16 Å². The highest BCUT2D eigenvalue weighted by atomic mass is 16.4. The summed E-state index contributed by atoms with van der Waals surface area (Å²) in [6.45, 7) is 10.8. The van der Waals surface area contributed by atoms with Crippen molar-refractivity contribution >= 4 is 6.21 Å². The minimum absolute atomic E-state index is 0.00569. The summed E-state index contributed by atoms with van der Waals surface area (Å²) >= 11 is 0. The van der Waals surface area contributed by atoms with Crippen molar-refractivity contribution < 1.29 is 5.21 Å². The van der Waals surface area contributed by atoms with Gasteiger partial charge in [-0.3, -0.25) is 0 Å². The molecule has 0 unspecified atom stereocenters. The molecule has 0 aliphatic carbocycles. The second-order valence-corrected chi connectivity index (χ2v) is 4.93. The number of hydrogen-bond donors (Lipinski definition) is 1. The lowest BCUT2D eigenvalue weighted by molar-refractivity contribution is 0.239. The summed E-state index contributed by atoms with van der Waals surface area (Å²) in [4.78, 5) is 0. The molecule has 0 aromatic heterocycles. The molecule has 2 heteroatoms. The molecule has 0 aromatic rings. The van der Waals surface area contributed by atoms with E-state index in [0.29, 0.717) is 5.41 Å². The van der Waals surface area contributed by atoms with E-state index < -0.39 is 0 Å². The van der Waals surface area contributed by atoms with Crippen LogP contribution < -0.4 is 0 Å². The summed E-state index contributed by atoms with van der Waals surface area (Å²) in [7, 11) is 0. The Kier molecular flexibility index (Phi) is 3.75. The molecule has 0 bridgehead atoms. The van der Waals surface area contributed by atoms with Gasteiger partial charge in [0.2, 0.25) is 0 Å². The van der Waals surface area contributed by atoms with E-state index in [4.69, 9.17) is 5.21 Å². The summed E-state index contributed by atoms with van der Waals surface area (Å²) in [5, 5.41) is 11.5. The van der Waals surface area contributed by atoms with Gasteiger partial charge < -0.3 is 5.21 Å². The topological polar surface area (TPSA) is 32.6 Å². The van der Waals surface area contributed by atoms with E-state index in [1.54, 1.807) is 6.21 Å². The summed E-state index contributed by atoms with van der Waals surface area (Å²) in [6, 6.07) is 0. The molecule has 0 atom stereocenters. The van der Waals surface area contributed by atoms with Gasteiger partial charge in [-0.25, -0.2) is 0 Å². The fourth-order valence-corrected chi connectivity index (χ4v) is 1.56. The maximum atomic E-state index is 8.44. The lowest BCUT2D eigenvalue weighted by atomic mass is 9.74. The van der Waals surface area contributed by atoms with Crippen LogP contribution in [0.4, 0.5) is 0 Å². The molecule has 0 amide bonds. The highest BCUT2D eigenvalue weighted by Gasteiger charge is 2.26. The Morgan fingerprint density at radius 3 is 2.08 bits per heavy atom. The molecule has 0 fully saturated rings. The van der Waals surface area contributed by atoms with E-state index >= 15 is 0 Å². The number of oxime groups is 1. The van der Waals surface area contributed by atoms with Crippen LogP contribution in [-0.2, 0) is 0 Å². The Morgan fingerprint density at radius 2 is 1.75 bits per heavy atom. The molecule has 0 rings (SSSR count). The van der Waals surface area contributed by atoms with Gasteiger partial charge in [-0.2, -0.15) is 0 Å². The Labute approximate surface area is 75.7 Å². The normalized spacial score (nSPS) is 14.1. The molecular weight excluding hydrogens is 150 g/mol. The predicted molar refractivity (Wildman–Crippen MR) is 52.7 cm³/mol. The van der Waals surface area contributed by atoms with Gasteiger partial charge in [0, 0.05) is 11.6 Å². The summed E-state index contributed by atoms with van der Waals surface area (Å²) in [6.07, 6.45) is 3.81. The highest BCUT2D eigenvalue weighted by molar-refractivity contribution is 5.63. The van der Waals surface area contributed by atoms with Gasteiger partial charge in [0.15, 0.2) is 0 Å². The lowest BCUT2D eigenvalue weighted by Gasteiger charge is -2.31. The van der Waals surface area contributed by atoms with Crippen molar-refractivity contribution in [2.45, 2.75) is 47.5 Å². The van der Waals surface area contributed by atoms with Gasteiger partial charge in [0.1, 0.15) is 0 Å². The average molecular weight is 171 g/mol. The molecule has 0 heterocycles. The molecule has 0 radical (unpaired) electrons. The van der Waals surface area contributed by atoms with Crippen LogP contribution >= 0.6 is 0 Å². The monoisotopic (exact) mass is 171 g/mol. The largest absolute Gasteiger partial charge is 0.411 e. The Morgan fingerprint density at radius 1 is 1.25 bits per heavy atom. The average Bonchev–Trinajstić information content (AvgIpc) is 1.85. The van der Waals surface area contributed by atoms with Crippen LogP contribution in [0.5, 0.6) is 0 Å². The van der Waals surface area contributed by atoms with E-state index in [2.05, 4.69) is 39.8 Å².